The molecule has 1 N–H and O–H groups in total. The molecule has 0 spiro atoms. The molecule has 0 aromatic rings. The highest BCUT2D eigenvalue weighted by Gasteiger charge is 2.34. The van der Waals surface area contributed by atoms with Crippen LogP contribution in [0.2, 0.25) is 0 Å². The Kier molecular flexibility index (Phi) is 11.3. The zero-order valence-electron chi connectivity index (χ0n) is 16.6. The van der Waals surface area contributed by atoms with Gasteiger partial charge in [-0.25, -0.2) is 0 Å². The van der Waals surface area contributed by atoms with Crippen LogP contribution < -0.4 is 5.32 Å². The lowest BCUT2D eigenvalue weighted by molar-refractivity contribution is -0.137. The fraction of sp³-hybridized carbons (Fsp3) is 0.600. The number of hydrogen-bond acceptors (Lipinski definition) is 4. The number of piperidine rings is 1. The Balaban J connectivity index is 0.00000134. The van der Waals surface area contributed by atoms with Gasteiger partial charge in [-0.05, 0) is 26.3 Å². The molecule has 2 rings (SSSR count). The number of nitrogens with zero attached hydrogens (tertiary/aromatic N) is 1. The summed E-state index contributed by atoms with van der Waals surface area (Å²) in [5, 5.41) is 2.41. The molecule has 5 nitrogen and oxygen atoms in total. The second kappa shape index (κ2) is 12.3. The van der Waals surface area contributed by atoms with Crippen LogP contribution in [0.5, 0.6) is 0 Å². The second-order valence-electron chi connectivity index (χ2n) is 5.33. The summed E-state index contributed by atoms with van der Waals surface area (Å²) < 4.78 is 5.76. The van der Waals surface area contributed by atoms with E-state index in [4.69, 9.17) is 4.74 Å². The lowest BCUT2D eigenvalue weighted by Crippen LogP contribution is -2.53. The van der Waals surface area contributed by atoms with Crippen molar-refractivity contribution in [2.75, 3.05) is 13.2 Å². The van der Waals surface area contributed by atoms with Gasteiger partial charge in [0.1, 0.15) is 18.4 Å². The van der Waals surface area contributed by atoms with Gasteiger partial charge in [0.15, 0.2) is 0 Å². The third-order valence-electron chi connectivity index (χ3n) is 3.92. The normalized spacial score (nSPS) is 20.5. The minimum Gasteiger partial charge on any atom is -0.494 e. The van der Waals surface area contributed by atoms with E-state index in [1.807, 2.05) is 52.5 Å². The molecule has 0 saturated carbocycles. The number of hydrogen-bond donors (Lipinski definition) is 1. The largest absolute Gasteiger partial charge is 0.494 e. The zero-order valence-corrected chi connectivity index (χ0v) is 16.6. The molecule has 0 aliphatic carbocycles. The number of imide groups is 1. The summed E-state index contributed by atoms with van der Waals surface area (Å²) in [6.45, 7) is 17.1. The fourth-order valence-corrected chi connectivity index (χ4v) is 2.65. The predicted octanol–water partition coefficient (Wildman–Crippen LogP) is 3.93. The van der Waals surface area contributed by atoms with E-state index in [0.29, 0.717) is 32.4 Å². The van der Waals surface area contributed by atoms with E-state index in [-0.39, 0.29) is 17.9 Å². The van der Waals surface area contributed by atoms with Gasteiger partial charge in [-0.15, -0.1) is 0 Å². The first-order valence-electron chi connectivity index (χ1n) is 9.27. The van der Waals surface area contributed by atoms with Crippen molar-refractivity contribution in [2.45, 2.75) is 66.8 Å². The van der Waals surface area contributed by atoms with Gasteiger partial charge >= 0.3 is 0 Å². The van der Waals surface area contributed by atoms with Crippen LogP contribution in [0.25, 0.3) is 0 Å². The first-order chi connectivity index (χ1) is 12.1. The van der Waals surface area contributed by atoms with Gasteiger partial charge < -0.3 is 9.64 Å². The Hall–Kier alpha value is -2.04. The zero-order chi connectivity index (χ0) is 19.4. The van der Waals surface area contributed by atoms with Crippen molar-refractivity contribution in [1.29, 1.82) is 0 Å². The van der Waals surface area contributed by atoms with Crippen molar-refractivity contribution in [3.05, 3.63) is 35.8 Å². The van der Waals surface area contributed by atoms with E-state index in [1.165, 1.54) is 5.57 Å². The van der Waals surface area contributed by atoms with Crippen molar-refractivity contribution in [2.24, 2.45) is 0 Å². The van der Waals surface area contributed by atoms with E-state index in [1.54, 1.807) is 6.08 Å². The lowest BCUT2D eigenvalue weighted by Gasteiger charge is -2.39. The fourth-order valence-electron chi connectivity index (χ4n) is 2.65. The van der Waals surface area contributed by atoms with Crippen molar-refractivity contribution in [3.63, 3.8) is 0 Å². The monoisotopic (exact) mass is 350 g/mol. The number of amides is 2. The van der Waals surface area contributed by atoms with E-state index >= 15 is 0 Å². The summed E-state index contributed by atoms with van der Waals surface area (Å²) in [5.74, 6) is 0.421. The molecule has 2 aliphatic rings. The third kappa shape index (κ3) is 6.40. The van der Waals surface area contributed by atoms with Crippen molar-refractivity contribution in [1.82, 2.24) is 10.2 Å². The summed E-state index contributed by atoms with van der Waals surface area (Å²) in [5.41, 5.74) is 2.06. The average molecular weight is 351 g/mol. The van der Waals surface area contributed by atoms with Gasteiger partial charge in [0.2, 0.25) is 11.8 Å². The highest BCUT2D eigenvalue weighted by Crippen LogP contribution is 2.27. The van der Waals surface area contributed by atoms with Gasteiger partial charge in [-0.1, -0.05) is 45.9 Å². The summed E-state index contributed by atoms with van der Waals surface area (Å²) in [7, 11) is 0. The van der Waals surface area contributed by atoms with Crippen molar-refractivity contribution < 1.29 is 14.3 Å². The highest BCUT2D eigenvalue weighted by atomic mass is 16.5. The maximum absolute atomic E-state index is 12.1. The van der Waals surface area contributed by atoms with E-state index in [0.717, 1.165) is 11.5 Å². The van der Waals surface area contributed by atoms with Gasteiger partial charge in [0.25, 0.3) is 0 Å². The minimum atomic E-state index is -0.319. The summed E-state index contributed by atoms with van der Waals surface area (Å²) in [4.78, 5) is 25.4. The molecule has 1 atom stereocenters. The third-order valence-corrected chi connectivity index (χ3v) is 3.92. The van der Waals surface area contributed by atoms with Gasteiger partial charge in [0, 0.05) is 12.8 Å². The molecular formula is C20H34N2O3. The first kappa shape index (κ1) is 23.0. The highest BCUT2D eigenvalue weighted by molar-refractivity contribution is 6.00. The maximum Gasteiger partial charge on any atom is 0.249 e. The van der Waals surface area contributed by atoms with E-state index in [9.17, 15) is 9.59 Å². The molecule has 2 aliphatic heterocycles. The van der Waals surface area contributed by atoms with Crippen LogP contribution in [-0.2, 0) is 14.3 Å². The van der Waals surface area contributed by atoms with Crippen LogP contribution in [0.3, 0.4) is 0 Å². The molecule has 25 heavy (non-hydrogen) atoms. The summed E-state index contributed by atoms with van der Waals surface area (Å²) >= 11 is 0. The quantitative estimate of drug-likeness (QED) is 0.616. The molecule has 0 aromatic heterocycles. The van der Waals surface area contributed by atoms with Gasteiger partial charge in [-0.2, -0.15) is 0 Å². The maximum atomic E-state index is 12.1. The Morgan fingerprint density at radius 1 is 1.32 bits per heavy atom. The standard InChI is InChI=1S/C16H22N2O3.2C2H6/c1-4-11(3)10-14-12(5-2)18(8-9-21-14)13-6-7-15(19)17-16(13)20;2*1-2/h4-5,13H,2,6-10H2,1,3H3,(H,17,19,20);2*1-2H3. The van der Waals surface area contributed by atoms with E-state index < -0.39 is 0 Å². The van der Waals surface area contributed by atoms with Crippen molar-refractivity contribution >= 4 is 11.8 Å². The number of ether oxygens (including phenoxy) is 1. The molecule has 0 bridgehead atoms. The summed E-state index contributed by atoms with van der Waals surface area (Å²) in [6.07, 6.45) is 5.41. The number of carbonyl (C=O) groups excluding carboxylic acids is 2. The second-order valence-corrected chi connectivity index (χ2v) is 5.33. The molecule has 5 heteroatoms. The molecule has 0 aromatic carbocycles. The van der Waals surface area contributed by atoms with Crippen LogP contribution in [0.15, 0.2) is 35.8 Å². The van der Waals surface area contributed by atoms with Crippen LogP contribution in [0.4, 0.5) is 0 Å². The molecule has 1 saturated heterocycles. The minimum absolute atomic E-state index is 0.196. The van der Waals surface area contributed by atoms with Crippen LogP contribution in [0.1, 0.15) is 60.8 Å². The number of rotatable bonds is 4. The van der Waals surface area contributed by atoms with Crippen LogP contribution in [-0.4, -0.2) is 35.9 Å². The van der Waals surface area contributed by atoms with Gasteiger partial charge in [-0.3, -0.25) is 14.9 Å². The number of allylic oxidation sites excluding steroid dienone is 3. The average Bonchev–Trinajstić information content (AvgIpc) is 2.65. The van der Waals surface area contributed by atoms with E-state index in [2.05, 4.69) is 11.9 Å². The van der Waals surface area contributed by atoms with Crippen molar-refractivity contribution in [3.8, 4) is 0 Å². The smallest absolute Gasteiger partial charge is 0.249 e. The molecule has 1 fully saturated rings. The number of nitrogens with one attached hydrogen (secondary N) is 1. The Morgan fingerprint density at radius 2 is 1.96 bits per heavy atom. The molecule has 2 amide bonds. The molecular weight excluding hydrogens is 316 g/mol. The SMILES string of the molecule is C=CC1=C(CC(C)=CC)OCCN1C1CCC(=O)NC1=O.CC.CC. The Bertz CT molecular complexity index is 521. The van der Waals surface area contributed by atoms with Crippen LogP contribution >= 0.6 is 0 Å². The lowest BCUT2D eigenvalue weighted by atomic mass is 10.0. The van der Waals surface area contributed by atoms with Crippen LogP contribution in [0, 0.1) is 0 Å². The molecule has 0 radical (unpaired) electrons. The molecule has 142 valence electrons. The van der Waals surface area contributed by atoms with Gasteiger partial charge in [0.05, 0.1) is 12.2 Å². The molecule has 2 heterocycles. The summed E-state index contributed by atoms with van der Waals surface area (Å²) in [6, 6.07) is -0.319. The topological polar surface area (TPSA) is 58.6 Å². The first-order valence-corrected chi connectivity index (χ1v) is 9.27. The number of carbonyl (C=O) groups is 2. The Labute approximate surface area is 152 Å². The Morgan fingerprint density at radius 3 is 2.48 bits per heavy atom. The predicted molar refractivity (Wildman–Crippen MR) is 103 cm³/mol. The molecule has 1 unspecified atom stereocenters.